The Kier molecular flexibility index (Phi) is 5.71. The number of carboxylic acid groups (broad SMARTS) is 1. The highest BCUT2D eigenvalue weighted by Crippen LogP contribution is 2.08. The van der Waals surface area contributed by atoms with Gasteiger partial charge in [-0.3, -0.25) is 4.79 Å². The van der Waals surface area contributed by atoms with Crippen LogP contribution in [0, 0.1) is 0 Å². The highest BCUT2D eigenvalue weighted by atomic mass is 32.2. The summed E-state index contributed by atoms with van der Waals surface area (Å²) in [5.74, 6) is -2.34. The van der Waals surface area contributed by atoms with Gasteiger partial charge in [0, 0.05) is 0 Å². The van der Waals surface area contributed by atoms with E-state index in [2.05, 4.69) is 9.46 Å². The Hall–Kier alpha value is -1.87. The predicted molar refractivity (Wildman–Crippen MR) is 67.5 cm³/mol. The highest BCUT2D eigenvalue weighted by molar-refractivity contribution is 7.89. The Balaban J connectivity index is 2.46. The molecule has 112 valence electrons. The van der Waals surface area contributed by atoms with E-state index < -0.39 is 27.7 Å². The zero-order valence-corrected chi connectivity index (χ0v) is 11.6. The molecule has 9 heteroatoms. The van der Waals surface area contributed by atoms with Gasteiger partial charge in [0.05, 0.1) is 25.3 Å². The zero-order valence-electron chi connectivity index (χ0n) is 10.8. The number of nitrogens with one attached hydrogen (secondary N) is 1. The molecule has 0 fully saturated rings. The SMILES string of the molecule is CCOC(=O)CCS(=O)(=O)NCc1ccc(C(=O)O)o1. The minimum atomic E-state index is -3.66. The number of carbonyl (C=O) groups excluding carboxylic acids is 1. The Bertz CT molecular complexity index is 575. The number of esters is 1. The number of furan rings is 1. The van der Waals surface area contributed by atoms with Crippen molar-refractivity contribution in [3.05, 3.63) is 23.7 Å². The monoisotopic (exact) mass is 305 g/mol. The van der Waals surface area contributed by atoms with Crippen molar-refractivity contribution in [1.29, 1.82) is 0 Å². The van der Waals surface area contributed by atoms with Gasteiger partial charge < -0.3 is 14.3 Å². The maximum absolute atomic E-state index is 11.6. The second-order valence-electron chi connectivity index (χ2n) is 3.77. The third-order valence-electron chi connectivity index (χ3n) is 2.22. The fourth-order valence-corrected chi connectivity index (χ4v) is 2.23. The fourth-order valence-electron chi connectivity index (χ4n) is 1.29. The summed E-state index contributed by atoms with van der Waals surface area (Å²) in [5, 5.41) is 8.64. The number of carbonyl (C=O) groups is 2. The molecule has 2 N–H and O–H groups in total. The smallest absolute Gasteiger partial charge is 0.371 e. The van der Waals surface area contributed by atoms with Crippen molar-refractivity contribution < 1.29 is 32.3 Å². The minimum absolute atomic E-state index is 0.169. The summed E-state index contributed by atoms with van der Waals surface area (Å²) in [5.41, 5.74) is 0. The molecule has 1 heterocycles. The molecule has 0 aliphatic heterocycles. The number of hydrogen-bond acceptors (Lipinski definition) is 6. The van der Waals surface area contributed by atoms with Crippen molar-refractivity contribution in [3.63, 3.8) is 0 Å². The van der Waals surface area contributed by atoms with Gasteiger partial charge in [-0.15, -0.1) is 0 Å². The summed E-state index contributed by atoms with van der Waals surface area (Å²) < 4.78 is 34.9. The van der Waals surface area contributed by atoms with Gasteiger partial charge >= 0.3 is 11.9 Å². The fraction of sp³-hybridized carbons (Fsp3) is 0.455. The van der Waals surface area contributed by atoms with Crippen LogP contribution in [0.1, 0.15) is 29.7 Å². The van der Waals surface area contributed by atoms with E-state index in [4.69, 9.17) is 9.52 Å². The van der Waals surface area contributed by atoms with Gasteiger partial charge in [-0.2, -0.15) is 0 Å². The van der Waals surface area contributed by atoms with Gasteiger partial charge in [-0.25, -0.2) is 17.9 Å². The molecule has 0 spiro atoms. The lowest BCUT2D eigenvalue weighted by atomic mass is 10.4. The summed E-state index contributed by atoms with van der Waals surface area (Å²) in [6.07, 6.45) is -0.248. The van der Waals surface area contributed by atoms with Crippen LogP contribution in [-0.2, 0) is 26.1 Å². The van der Waals surface area contributed by atoms with Crippen molar-refractivity contribution in [2.45, 2.75) is 19.9 Å². The summed E-state index contributed by atoms with van der Waals surface area (Å²) in [6.45, 7) is 1.64. The molecule has 0 atom stereocenters. The van der Waals surface area contributed by atoms with E-state index in [0.717, 1.165) is 0 Å². The second kappa shape index (κ2) is 7.06. The first-order chi connectivity index (χ1) is 9.34. The molecule has 1 aromatic rings. The summed E-state index contributed by atoms with van der Waals surface area (Å²) in [6, 6.07) is 2.59. The third-order valence-corrected chi connectivity index (χ3v) is 3.54. The first-order valence-electron chi connectivity index (χ1n) is 5.79. The van der Waals surface area contributed by atoms with Crippen molar-refractivity contribution in [3.8, 4) is 0 Å². The van der Waals surface area contributed by atoms with Gasteiger partial charge in [0.1, 0.15) is 5.76 Å². The van der Waals surface area contributed by atoms with E-state index in [1.165, 1.54) is 12.1 Å². The van der Waals surface area contributed by atoms with Crippen molar-refractivity contribution >= 4 is 22.0 Å². The molecule has 1 aromatic heterocycles. The molecule has 0 aromatic carbocycles. The standard InChI is InChI=1S/C11H15NO7S/c1-2-18-10(13)5-6-20(16,17)12-7-8-3-4-9(19-8)11(14)15/h3-4,12H,2,5-7H2,1H3,(H,14,15). The molecule has 0 bridgehead atoms. The van der Waals surface area contributed by atoms with Crippen LogP contribution >= 0.6 is 0 Å². The van der Waals surface area contributed by atoms with Gasteiger partial charge in [0.2, 0.25) is 15.8 Å². The molecule has 0 saturated carbocycles. The van der Waals surface area contributed by atoms with E-state index in [1.54, 1.807) is 6.92 Å². The van der Waals surface area contributed by atoms with Crippen LogP contribution in [-0.4, -0.2) is 37.8 Å². The molecule has 0 aliphatic rings. The zero-order chi connectivity index (χ0) is 15.2. The average molecular weight is 305 g/mol. The molecule has 0 aliphatic carbocycles. The average Bonchev–Trinajstić information content (AvgIpc) is 2.84. The highest BCUT2D eigenvalue weighted by Gasteiger charge is 2.15. The predicted octanol–water partition coefficient (Wildman–Crippen LogP) is 0.350. The quantitative estimate of drug-likeness (QED) is 0.664. The molecule has 20 heavy (non-hydrogen) atoms. The Morgan fingerprint density at radius 1 is 1.40 bits per heavy atom. The molecule has 0 unspecified atom stereocenters. The van der Waals surface area contributed by atoms with Crippen LogP contribution in [0.15, 0.2) is 16.5 Å². The first kappa shape index (κ1) is 16.2. The van der Waals surface area contributed by atoms with Crippen LogP contribution in [0.5, 0.6) is 0 Å². The molecule has 0 saturated heterocycles. The molecule has 8 nitrogen and oxygen atoms in total. The largest absolute Gasteiger partial charge is 0.475 e. The van der Waals surface area contributed by atoms with Crippen LogP contribution in [0.3, 0.4) is 0 Å². The normalized spacial score (nSPS) is 11.2. The van der Waals surface area contributed by atoms with Gasteiger partial charge in [-0.05, 0) is 19.1 Å². The van der Waals surface area contributed by atoms with E-state index >= 15 is 0 Å². The second-order valence-corrected chi connectivity index (χ2v) is 5.69. The minimum Gasteiger partial charge on any atom is -0.475 e. The Morgan fingerprint density at radius 2 is 2.10 bits per heavy atom. The maximum atomic E-state index is 11.6. The van der Waals surface area contributed by atoms with Gasteiger partial charge in [0.15, 0.2) is 0 Å². The first-order valence-corrected chi connectivity index (χ1v) is 7.44. The number of hydrogen-bond donors (Lipinski definition) is 2. The number of carboxylic acids is 1. The summed E-state index contributed by atoms with van der Waals surface area (Å²) >= 11 is 0. The van der Waals surface area contributed by atoms with E-state index in [9.17, 15) is 18.0 Å². The molecule has 1 rings (SSSR count). The number of ether oxygens (including phenoxy) is 1. The van der Waals surface area contributed by atoms with Crippen LogP contribution < -0.4 is 4.72 Å². The Morgan fingerprint density at radius 3 is 2.65 bits per heavy atom. The van der Waals surface area contributed by atoms with E-state index in [-0.39, 0.29) is 31.1 Å². The molecule has 0 amide bonds. The van der Waals surface area contributed by atoms with Crippen LogP contribution in [0.2, 0.25) is 0 Å². The van der Waals surface area contributed by atoms with E-state index in [1.807, 2.05) is 0 Å². The van der Waals surface area contributed by atoms with E-state index in [0.29, 0.717) is 0 Å². The van der Waals surface area contributed by atoms with Crippen molar-refractivity contribution in [1.82, 2.24) is 4.72 Å². The van der Waals surface area contributed by atoms with Crippen molar-refractivity contribution in [2.24, 2.45) is 0 Å². The number of sulfonamides is 1. The maximum Gasteiger partial charge on any atom is 0.371 e. The lowest BCUT2D eigenvalue weighted by Crippen LogP contribution is -2.27. The van der Waals surface area contributed by atoms with Crippen LogP contribution in [0.25, 0.3) is 0 Å². The molecule has 0 radical (unpaired) electrons. The topological polar surface area (TPSA) is 123 Å². The van der Waals surface area contributed by atoms with Gasteiger partial charge in [0.25, 0.3) is 0 Å². The van der Waals surface area contributed by atoms with Crippen molar-refractivity contribution in [2.75, 3.05) is 12.4 Å². The lowest BCUT2D eigenvalue weighted by molar-refractivity contribution is -0.142. The number of rotatable bonds is 8. The summed E-state index contributed by atoms with van der Waals surface area (Å²) in [7, 11) is -3.66. The third kappa shape index (κ3) is 5.41. The van der Waals surface area contributed by atoms with Gasteiger partial charge in [-0.1, -0.05) is 0 Å². The van der Waals surface area contributed by atoms with Crippen LogP contribution in [0.4, 0.5) is 0 Å². The molecular weight excluding hydrogens is 290 g/mol. The Labute approximate surface area is 115 Å². The lowest BCUT2D eigenvalue weighted by Gasteiger charge is -2.05. The molecular formula is C11H15NO7S. The number of aromatic carboxylic acids is 1. The summed E-state index contributed by atoms with van der Waals surface area (Å²) in [4.78, 5) is 21.6.